The Morgan fingerprint density at radius 1 is 1.14 bits per heavy atom. The van der Waals surface area contributed by atoms with Crippen LogP contribution < -0.4 is 10.6 Å². The second-order valence-electron chi connectivity index (χ2n) is 6.80. The number of rotatable bonds is 7. The molecule has 2 heterocycles. The summed E-state index contributed by atoms with van der Waals surface area (Å²) in [6, 6.07) is 12.5. The Balaban J connectivity index is 0.00000300. The number of morpholine rings is 1. The van der Waals surface area contributed by atoms with Crippen LogP contribution in [0.3, 0.4) is 0 Å². The summed E-state index contributed by atoms with van der Waals surface area (Å²) in [4.78, 5) is 10.8. The number of aromatic nitrogens is 1. The highest BCUT2D eigenvalue weighted by molar-refractivity contribution is 14.0. The van der Waals surface area contributed by atoms with Crippen molar-refractivity contribution in [3.05, 3.63) is 64.4 Å². The van der Waals surface area contributed by atoms with E-state index in [2.05, 4.69) is 49.8 Å². The van der Waals surface area contributed by atoms with Gasteiger partial charge in [-0.1, -0.05) is 41.9 Å². The van der Waals surface area contributed by atoms with Crippen LogP contribution >= 0.6 is 35.6 Å². The molecule has 0 aliphatic carbocycles. The molecule has 0 unspecified atom stereocenters. The molecular formula is C21H29ClIN5O. The lowest BCUT2D eigenvalue weighted by Gasteiger charge is -2.26. The molecule has 1 aliphatic heterocycles. The van der Waals surface area contributed by atoms with Crippen molar-refractivity contribution in [1.29, 1.82) is 0 Å². The van der Waals surface area contributed by atoms with Gasteiger partial charge in [-0.15, -0.1) is 24.0 Å². The number of nitrogens with zero attached hydrogens (tertiary/aromatic N) is 3. The highest BCUT2D eigenvalue weighted by Crippen LogP contribution is 2.10. The lowest BCUT2D eigenvalue weighted by Crippen LogP contribution is -2.38. The Hall–Kier alpha value is -1.42. The van der Waals surface area contributed by atoms with E-state index in [-0.39, 0.29) is 24.0 Å². The highest BCUT2D eigenvalue weighted by Gasteiger charge is 2.10. The summed E-state index contributed by atoms with van der Waals surface area (Å²) in [5.41, 5.74) is 3.72. The maximum absolute atomic E-state index is 5.82. The van der Waals surface area contributed by atoms with Gasteiger partial charge in [-0.05, 0) is 29.2 Å². The number of ether oxygens (including phenoxy) is 1. The van der Waals surface area contributed by atoms with Crippen molar-refractivity contribution in [2.45, 2.75) is 19.5 Å². The van der Waals surface area contributed by atoms with Crippen LogP contribution in [0.25, 0.3) is 0 Å². The predicted molar refractivity (Wildman–Crippen MR) is 129 cm³/mol. The molecule has 29 heavy (non-hydrogen) atoms. The third-order valence-electron chi connectivity index (χ3n) is 4.68. The van der Waals surface area contributed by atoms with Gasteiger partial charge in [0.05, 0.1) is 13.2 Å². The van der Waals surface area contributed by atoms with Gasteiger partial charge in [0.15, 0.2) is 5.96 Å². The van der Waals surface area contributed by atoms with E-state index >= 15 is 0 Å². The maximum Gasteiger partial charge on any atom is 0.191 e. The second-order valence-corrected chi connectivity index (χ2v) is 7.19. The van der Waals surface area contributed by atoms with Crippen LogP contribution in [0.4, 0.5) is 0 Å². The van der Waals surface area contributed by atoms with E-state index in [1.54, 1.807) is 13.2 Å². The van der Waals surface area contributed by atoms with Gasteiger partial charge >= 0.3 is 0 Å². The van der Waals surface area contributed by atoms with Crippen LogP contribution in [0.2, 0.25) is 5.15 Å². The predicted octanol–water partition coefficient (Wildman–Crippen LogP) is 3.09. The zero-order chi connectivity index (χ0) is 19.6. The number of hydrogen-bond donors (Lipinski definition) is 2. The van der Waals surface area contributed by atoms with Gasteiger partial charge in [0, 0.05) is 46.0 Å². The molecule has 1 fully saturated rings. The first kappa shape index (κ1) is 23.9. The first-order chi connectivity index (χ1) is 13.7. The summed E-state index contributed by atoms with van der Waals surface area (Å²) in [5, 5.41) is 7.24. The van der Waals surface area contributed by atoms with E-state index < -0.39 is 0 Å². The van der Waals surface area contributed by atoms with E-state index in [1.807, 2.05) is 12.1 Å². The van der Waals surface area contributed by atoms with Crippen LogP contribution in [0.1, 0.15) is 16.7 Å². The third-order valence-corrected chi connectivity index (χ3v) is 4.90. The van der Waals surface area contributed by atoms with Crippen LogP contribution in [-0.4, -0.2) is 55.7 Å². The van der Waals surface area contributed by atoms with Gasteiger partial charge in [0.1, 0.15) is 5.15 Å². The Morgan fingerprint density at radius 2 is 1.93 bits per heavy atom. The lowest BCUT2D eigenvalue weighted by molar-refractivity contribution is 0.0342. The summed E-state index contributed by atoms with van der Waals surface area (Å²) in [6.45, 7) is 6.15. The van der Waals surface area contributed by atoms with Gasteiger partial charge in [0.25, 0.3) is 0 Å². The smallest absolute Gasteiger partial charge is 0.191 e. The largest absolute Gasteiger partial charge is 0.379 e. The van der Waals surface area contributed by atoms with Crippen molar-refractivity contribution in [2.24, 2.45) is 4.99 Å². The first-order valence-electron chi connectivity index (χ1n) is 9.66. The van der Waals surface area contributed by atoms with Crippen LogP contribution in [0, 0.1) is 0 Å². The molecule has 1 aromatic heterocycles. The van der Waals surface area contributed by atoms with Crippen molar-refractivity contribution in [2.75, 3.05) is 39.9 Å². The van der Waals surface area contributed by atoms with Crippen molar-refractivity contribution in [3.63, 3.8) is 0 Å². The lowest BCUT2D eigenvalue weighted by atomic mass is 10.1. The van der Waals surface area contributed by atoms with E-state index in [0.29, 0.717) is 5.15 Å². The monoisotopic (exact) mass is 529 g/mol. The summed E-state index contributed by atoms with van der Waals surface area (Å²) in [6.07, 6.45) is 2.67. The normalized spacial score (nSPS) is 14.9. The SMILES string of the molecule is CN=C(NCCc1ccc(Cl)nc1)NCc1cccc(CN2CCOCC2)c1.I. The van der Waals surface area contributed by atoms with Crippen molar-refractivity contribution in [1.82, 2.24) is 20.5 Å². The zero-order valence-electron chi connectivity index (χ0n) is 16.7. The van der Waals surface area contributed by atoms with Crippen molar-refractivity contribution in [3.8, 4) is 0 Å². The number of pyridine rings is 1. The fraction of sp³-hybridized carbons (Fsp3) is 0.429. The Kier molecular flexibility index (Phi) is 10.7. The maximum atomic E-state index is 5.82. The molecule has 0 amide bonds. The minimum Gasteiger partial charge on any atom is -0.379 e. The number of guanidine groups is 1. The minimum atomic E-state index is 0. The molecule has 0 atom stereocenters. The zero-order valence-corrected chi connectivity index (χ0v) is 19.8. The van der Waals surface area contributed by atoms with E-state index in [1.165, 1.54) is 11.1 Å². The Morgan fingerprint density at radius 3 is 2.66 bits per heavy atom. The van der Waals surface area contributed by atoms with Gasteiger partial charge in [-0.25, -0.2) is 4.98 Å². The standard InChI is InChI=1S/C21H28ClN5O.HI/c1-23-21(24-8-7-17-5-6-20(22)25-14-17)26-15-18-3-2-4-19(13-18)16-27-9-11-28-12-10-27;/h2-6,13-14H,7-12,15-16H2,1H3,(H2,23,24,26);1H. The fourth-order valence-corrected chi connectivity index (χ4v) is 3.25. The molecule has 1 aromatic carbocycles. The summed E-state index contributed by atoms with van der Waals surface area (Å²) < 4.78 is 5.42. The molecule has 2 aromatic rings. The van der Waals surface area contributed by atoms with Crippen LogP contribution in [-0.2, 0) is 24.2 Å². The molecule has 1 aliphatic rings. The fourth-order valence-electron chi connectivity index (χ4n) is 3.14. The molecule has 2 N–H and O–H groups in total. The minimum absolute atomic E-state index is 0. The quantitative estimate of drug-likeness (QED) is 0.250. The Bertz CT molecular complexity index is 766. The molecule has 0 saturated carbocycles. The molecule has 0 radical (unpaired) electrons. The van der Waals surface area contributed by atoms with Crippen LogP contribution in [0.15, 0.2) is 47.6 Å². The van der Waals surface area contributed by atoms with Gasteiger partial charge < -0.3 is 15.4 Å². The van der Waals surface area contributed by atoms with Gasteiger partial charge in [-0.3, -0.25) is 9.89 Å². The summed E-state index contributed by atoms with van der Waals surface area (Å²) >= 11 is 5.82. The van der Waals surface area contributed by atoms with Gasteiger partial charge in [-0.2, -0.15) is 0 Å². The second kappa shape index (κ2) is 13.0. The molecule has 1 saturated heterocycles. The summed E-state index contributed by atoms with van der Waals surface area (Å²) in [7, 11) is 1.79. The van der Waals surface area contributed by atoms with Crippen LogP contribution in [0.5, 0.6) is 0 Å². The molecule has 158 valence electrons. The van der Waals surface area contributed by atoms with Gasteiger partial charge in [0.2, 0.25) is 0 Å². The molecule has 0 spiro atoms. The van der Waals surface area contributed by atoms with E-state index in [9.17, 15) is 0 Å². The number of aliphatic imine (C=N–C) groups is 1. The van der Waals surface area contributed by atoms with E-state index in [4.69, 9.17) is 16.3 Å². The number of hydrogen-bond acceptors (Lipinski definition) is 4. The average molecular weight is 530 g/mol. The highest BCUT2D eigenvalue weighted by atomic mass is 127. The molecule has 8 heteroatoms. The van der Waals surface area contributed by atoms with Crippen molar-refractivity contribution < 1.29 is 4.74 Å². The molecule has 3 rings (SSSR count). The topological polar surface area (TPSA) is 61.8 Å². The Labute approximate surface area is 195 Å². The first-order valence-corrected chi connectivity index (χ1v) is 10.0. The summed E-state index contributed by atoms with van der Waals surface area (Å²) in [5.74, 6) is 0.792. The number of nitrogens with one attached hydrogen (secondary N) is 2. The molecular weight excluding hydrogens is 501 g/mol. The van der Waals surface area contributed by atoms with E-state index in [0.717, 1.165) is 63.9 Å². The number of halogens is 2. The third kappa shape index (κ3) is 8.46. The number of benzene rings is 1. The van der Waals surface area contributed by atoms with Crippen molar-refractivity contribution >= 4 is 41.5 Å². The average Bonchev–Trinajstić information content (AvgIpc) is 2.73. The molecule has 0 bridgehead atoms. The molecule has 6 nitrogen and oxygen atoms in total.